The maximum absolute atomic E-state index is 15.3. The molecule has 1 aliphatic heterocycles. The fourth-order valence-electron chi connectivity index (χ4n) is 4.41. The van der Waals surface area contributed by atoms with Gasteiger partial charge in [-0.05, 0) is 54.1 Å². The Labute approximate surface area is 215 Å². The van der Waals surface area contributed by atoms with Crippen molar-refractivity contribution in [2.45, 2.75) is 51.2 Å². The lowest BCUT2D eigenvalue weighted by Gasteiger charge is -2.21. The number of nitrogens with zero attached hydrogens (tertiary/aromatic N) is 4. The molecule has 1 amide bonds. The second-order valence-corrected chi connectivity index (χ2v) is 9.81. The van der Waals surface area contributed by atoms with Gasteiger partial charge in [0.25, 0.3) is 0 Å². The molecule has 1 aliphatic rings. The Kier molecular flexibility index (Phi) is 7.97. The molecule has 3 aromatic rings. The minimum Gasteiger partial charge on any atom is -0.360 e. The van der Waals surface area contributed by atoms with E-state index in [4.69, 9.17) is 0 Å². The Hall–Kier alpha value is -3.66. The van der Waals surface area contributed by atoms with Crippen molar-refractivity contribution in [2.75, 3.05) is 25.5 Å². The molecule has 1 saturated heterocycles. The number of carbonyl (C=O) groups excluding carboxylic acids is 2. The number of rotatable bonds is 9. The van der Waals surface area contributed by atoms with Crippen LogP contribution >= 0.6 is 0 Å². The number of aromatic nitrogens is 3. The van der Waals surface area contributed by atoms with E-state index in [2.05, 4.69) is 20.8 Å². The van der Waals surface area contributed by atoms with Crippen LogP contribution in [-0.2, 0) is 16.1 Å². The molecule has 4 rings (SSSR count). The highest BCUT2D eigenvalue weighted by atomic mass is 19.1. The summed E-state index contributed by atoms with van der Waals surface area (Å²) in [5.41, 5.74) is 1.44. The lowest BCUT2D eigenvalue weighted by atomic mass is 9.95. The van der Waals surface area contributed by atoms with Crippen LogP contribution in [0.4, 0.5) is 14.6 Å². The molecule has 10 heteroatoms. The molecular weight excluding hydrogens is 478 g/mol. The highest BCUT2D eigenvalue weighted by Gasteiger charge is 2.29. The van der Waals surface area contributed by atoms with E-state index >= 15 is 4.39 Å². The van der Waals surface area contributed by atoms with Gasteiger partial charge in [-0.1, -0.05) is 38.1 Å². The molecule has 37 heavy (non-hydrogen) atoms. The molecule has 2 aromatic carbocycles. The van der Waals surface area contributed by atoms with E-state index in [-0.39, 0.29) is 29.5 Å². The van der Waals surface area contributed by atoms with Crippen LogP contribution in [0, 0.1) is 11.6 Å². The van der Waals surface area contributed by atoms with Gasteiger partial charge in [-0.3, -0.25) is 9.59 Å². The first-order valence-corrected chi connectivity index (χ1v) is 12.4. The van der Waals surface area contributed by atoms with E-state index in [1.165, 1.54) is 29.2 Å². The van der Waals surface area contributed by atoms with Crippen LogP contribution in [0.1, 0.15) is 49.8 Å². The quantitative estimate of drug-likeness (QED) is 0.457. The monoisotopic (exact) mass is 510 g/mol. The van der Waals surface area contributed by atoms with Crippen LogP contribution < -0.4 is 15.5 Å². The average Bonchev–Trinajstić information content (AvgIpc) is 3.55. The van der Waals surface area contributed by atoms with Gasteiger partial charge in [-0.25, -0.2) is 8.78 Å². The van der Waals surface area contributed by atoms with Gasteiger partial charge >= 0.3 is 0 Å². The first-order valence-electron chi connectivity index (χ1n) is 12.4. The molecule has 2 atom stereocenters. The molecule has 8 nitrogen and oxygen atoms in total. The molecule has 1 fully saturated rings. The van der Waals surface area contributed by atoms with Crippen LogP contribution in [0.25, 0.3) is 11.1 Å². The summed E-state index contributed by atoms with van der Waals surface area (Å²) in [5.74, 6) is -1.16. The number of halogens is 2. The van der Waals surface area contributed by atoms with Crippen LogP contribution in [0.5, 0.6) is 0 Å². The Bertz CT molecular complexity index is 1280. The average molecular weight is 511 g/mol. The van der Waals surface area contributed by atoms with Crippen LogP contribution in [0.3, 0.4) is 0 Å². The van der Waals surface area contributed by atoms with Crippen molar-refractivity contribution in [2.24, 2.45) is 0 Å². The summed E-state index contributed by atoms with van der Waals surface area (Å²) in [6, 6.07) is 7.44. The van der Waals surface area contributed by atoms with E-state index in [0.29, 0.717) is 23.4 Å². The normalized spacial score (nSPS) is 16.1. The third kappa shape index (κ3) is 6.02. The summed E-state index contributed by atoms with van der Waals surface area (Å²) >= 11 is 0. The van der Waals surface area contributed by atoms with Crippen LogP contribution in [-0.4, -0.2) is 53.4 Å². The van der Waals surface area contributed by atoms with Crippen molar-refractivity contribution in [3.63, 3.8) is 0 Å². The summed E-state index contributed by atoms with van der Waals surface area (Å²) in [4.78, 5) is 29.2. The van der Waals surface area contributed by atoms with Crippen molar-refractivity contribution in [1.82, 2.24) is 25.6 Å². The number of anilines is 1. The maximum atomic E-state index is 15.3. The molecule has 0 saturated carbocycles. The number of carbonyl (C=O) groups is 2. The number of nitrogens with one attached hydrogen (secondary N) is 2. The largest absolute Gasteiger partial charge is 0.360 e. The molecule has 196 valence electrons. The SMILES string of the molecule is CC(C)c1ccc(-c2ccc(C(NC(=O)C3CCCN3)C(=O)Cn3ncc(N(C)C)n3)cc2F)cc1F. The van der Waals surface area contributed by atoms with Crippen molar-refractivity contribution in [3.05, 3.63) is 65.4 Å². The number of amides is 1. The van der Waals surface area contributed by atoms with Crippen molar-refractivity contribution >= 4 is 17.5 Å². The molecule has 2 N–H and O–H groups in total. The molecule has 2 unspecified atom stereocenters. The van der Waals surface area contributed by atoms with Gasteiger partial charge in [0.1, 0.15) is 24.2 Å². The highest BCUT2D eigenvalue weighted by molar-refractivity contribution is 5.91. The molecule has 1 aromatic heterocycles. The minimum atomic E-state index is -1.10. The molecule has 2 heterocycles. The van der Waals surface area contributed by atoms with Crippen LogP contribution in [0.15, 0.2) is 42.6 Å². The number of ketones is 1. The third-order valence-electron chi connectivity index (χ3n) is 6.53. The van der Waals surface area contributed by atoms with E-state index in [0.717, 1.165) is 13.0 Å². The Morgan fingerprint density at radius 3 is 2.54 bits per heavy atom. The lowest BCUT2D eigenvalue weighted by Crippen LogP contribution is -2.44. The fourth-order valence-corrected chi connectivity index (χ4v) is 4.41. The van der Waals surface area contributed by atoms with Crippen molar-refractivity contribution < 1.29 is 18.4 Å². The predicted molar refractivity (Wildman–Crippen MR) is 137 cm³/mol. The zero-order valence-electron chi connectivity index (χ0n) is 21.5. The summed E-state index contributed by atoms with van der Waals surface area (Å²) in [5, 5.41) is 14.3. The van der Waals surface area contributed by atoms with Crippen molar-refractivity contribution in [1.29, 1.82) is 0 Å². The standard InChI is InChI=1S/C27H32F2N6O2/c1-16(2)19-9-7-17(12-21(19)28)20-10-8-18(13-22(20)29)26(32-27(37)23-6-5-11-30-23)24(36)15-35-31-14-25(33-35)34(3)4/h7-10,12-14,16,23,26,30H,5-6,11,15H2,1-4H3,(H,32,37). The van der Waals surface area contributed by atoms with Gasteiger partial charge in [-0.2, -0.15) is 9.90 Å². The smallest absolute Gasteiger partial charge is 0.237 e. The summed E-state index contributed by atoms with van der Waals surface area (Å²) < 4.78 is 29.9. The molecule has 0 radical (unpaired) electrons. The topological polar surface area (TPSA) is 92.2 Å². The predicted octanol–water partition coefficient (Wildman–Crippen LogP) is 3.59. The van der Waals surface area contributed by atoms with Gasteiger partial charge in [-0.15, -0.1) is 5.10 Å². The van der Waals surface area contributed by atoms with Gasteiger partial charge in [0.05, 0.1) is 12.2 Å². The minimum absolute atomic E-state index is 0.00379. The van der Waals surface area contributed by atoms with Gasteiger partial charge < -0.3 is 15.5 Å². The summed E-state index contributed by atoms with van der Waals surface area (Å²) in [6.07, 6.45) is 3.04. The first-order chi connectivity index (χ1) is 17.6. The fraction of sp³-hybridized carbons (Fsp3) is 0.407. The van der Waals surface area contributed by atoms with Gasteiger partial charge in [0.15, 0.2) is 11.6 Å². The number of benzene rings is 2. The first kappa shape index (κ1) is 26.4. The maximum Gasteiger partial charge on any atom is 0.237 e. The molecular formula is C27H32F2N6O2. The molecule has 0 bridgehead atoms. The summed E-state index contributed by atoms with van der Waals surface area (Å²) in [7, 11) is 3.61. The third-order valence-corrected chi connectivity index (χ3v) is 6.53. The second-order valence-electron chi connectivity index (χ2n) is 9.81. The van der Waals surface area contributed by atoms with E-state index in [9.17, 15) is 14.0 Å². The van der Waals surface area contributed by atoms with E-state index in [1.54, 1.807) is 37.2 Å². The Morgan fingerprint density at radius 2 is 1.95 bits per heavy atom. The molecule has 0 aliphatic carbocycles. The number of hydrogen-bond donors (Lipinski definition) is 2. The zero-order valence-corrected chi connectivity index (χ0v) is 21.5. The lowest BCUT2D eigenvalue weighted by molar-refractivity contribution is -0.129. The zero-order chi connectivity index (χ0) is 26.7. The summed E-state index contributed by atoms with van der Waals surface area (Å²) in [6.45, 7) is 4.29. The van der Waals surface area contributed by atoms with Crippen LogP contribution in [0.2, 0.25) is 0 Å². The Morgan fingerprint density at radius 1 is 1.16 bits per heavy atom. The van der Waals surface area contributed by atoms with Gasteiger partial charge in [0, 0.05) is 19.7 Å². The van der Waals surface area contributed by atoms with Crippen molar-refractivity contribution in [3.8, 4) is 11.1 Å². The van der Waals surface area contributed by atoms with E-state index in [1.807, 2.05) is 13.8 Å². The van der Waals surface area contributed by atoms with Gasteiger partial charge in [0.2, 0.25) is 5.91 Å². The molecule has 0 spiro atoms. The second kappa shape index (κ2) is 11.2. The number of hydrogen-bond acceptors (Lipinski definition) is 6. The van der Waals surface area contributed by atoms with E-state index < -0.39 is 29.5 Å². The Balaban J connectivity index is 1.62. The highest BCUT2D eigenvalue weighted by Crippen LogP contribution is 2.29. The number of Topliss-reactive ketones (excluding diaryl/α,β-unsaturated/α-hetero) is 1.